The molecule has 0 aliphatic carbocycles. The van der Waals surface area contributed by atoms with Crippen LogP contribution < -0.4 is 0 Å². The molecule has 0 fully saturated rings. The number of rotatable bonds is 4. The lowest BCUT2D eigenvalue weighted by molar-refractivity contribution is -0.0489. The van der Waals surface area contributed by atoms with E-state index in [0.29, 0.717) is 5.56 Å². The van der Waals surface area contributed by atoms with E-state index in [4.69, 9.17) is 0 Å². The second-order valence-corrected chi connectivity index (χ2v) is 4.35. The summed E-state index contributed by atoms with van der Waals surface area (Å²) in [6, 6.07) is 15.0. The molecule has 2 aromatic rings. The van der Waals surface area contributed by atoms with Gasteiger partial charge in [0.15, 0.2) is 6.29 Å². The van der Waals surface area contributed by atoms with Crippen LogP contribution in [0.4, 0.5) is 0 Å². The zero-order chi connectivity index (χ0) is 13.9. The van der Waals surface area contributed by atoms with Gasteiger partial charge in [-0.3, -0.25) is 0 Å². The summed E-state index contributed by atoms with van der Waals surface area (Å²) in [5.74, 6) is 0. The maximum Gasteiger partial charge on any atom is 0.178 e. The molecule has 2 rings (SSSR count). The van der Waals surface area contributed by atoms with E-state index in [1.54, 1.807) is 48.5 Å². The zero-order valence-electron chi connectivity index (χ0n) is 10.3. The van der Waals surface area contributed by atoms with Crippen molar-refractivity contribution in [2.45, 2.75) is 11.9 Å². The molecule has 4 N–H and O–H groups in total. The average Bonchev–Trinajstić information content (AvgIpc) is 2.47. The van der Waals surface area contributed by atoms with E-state index in [0.717, 1.165) is 0 Å². The van der Waals surface area contributed by atoms with Crippen molar-refractivity contribution in [1.29, 1.82) is 0 Å². The predicted molar refractivity (Wildman–Crippen MR) is 70.1 cm³/mol. The summed E-state index contributed by atoms with van der Waals surface area (Å²) in [7, 11) is 0. The summed E-state index contributed by atoms with van der Waals surface area (Å²) in [6.45, 7) is -0.555. The van der Waals surface area contributed by atoms with Crippen molar-refractivity contribution in [3.63, 3.8) is 0 Å². The predicted octanol–water partition coefficient (Wildman–Crippen LogP) is 0.898. The van der Waals surface area contributed by atoms with Gasteiger partial charge in [-0.1, -0.05) is 54.6 Å². The van der Waals surface area contributed by atoms with E-state index in [2.05, 4.69) is 0 Å². The molecule has 0 spiro atoms. The molecule has 2 aromatic carbocycles. The van der Waals surface area contributed by atoms with Gasteiger partial charge in [0, 0.05) is 5.56 Å². The van der Waals surface area contributed by atoms with Crippen molar-refractivity contribution in [3.05, 3.63) is 71.3 Å². The Balaban J connectivity index is 2.60. The van der Waals surface area contributed by atoms with Crippen molar-refractivity contribution in [3.8, 4) is 0 Å². The molecule has 1 atom stereocenters. The number of aliphatic hydroxyl groups excluding tert-OH is 2. The van der Waals surface area contributed by atoms with E-state index in [1.807, 2.05) is 0 Å². The van der Waals surface area contributed by atoms with Crippen molar-refractivity contribution < 1.29 is 20.4 Å². The zero-order valence-corrected chi connectivity index (χ0v) is 10.3. The van der Waals surface area contributed by atoms with Gasteiger partial charge in [0.2, 0.25) is 0 Å². The van der Waals surface area contributed by atoms with Crippen LogP contribution in [-0.4, -0.2) is 27.0 Å². The molecule has 100 valence electrons. The minimum atomic E-state index is -1.71. The van der Waals surface area contributed by atoms with E-state index < -0.39 is 18.5 Å². The van der Waals surface area contributed by atoms with Gasteiger partial charge in [0.05, 0.1) is 6.61 Å². The van der Waals surface area contributed by atoms with Crippen LogP contribution in [0.3, 0.4) is 0 Å². The molecule has 0 aliphatic rings. The standard InChI is InChI=1S/C15H16O4/c16-10-15(19,11-6-2-1-3-7-11)13-9-5-4-8-12(13)14(17)18/h1-9,14,16-19H,10H2. The molecule has 1 unspecified atom stereocenters. The molecule has 4 nitrogen and oxygen atoms in total. The molecular weight excluding hydrogens is 244 g/mol. The highest BCUT2D eigenvalue weighted by atomic mass is 16.5. The molecule has 0 saturated carbocycles. The Labute approximate surface area is 111 Å². The maximum absolute atomic E-state index is 10.7. The van der Waals surface area contributed by atoms with E-state index >= 15 is 0 Å². The first kappa shape index (κ1) is 13.7. The lowest BCUT2D eigenvalue weighted by Gasteiger charge is -2.29. The van der Waals surface area contributed by atoms with Gasteiger partial charge in [0.25, 0.3) is 0 Å². The van der Waals surface area contributed by atoms with Crippen LogP contribution in [0.1, 0.15) is 23.0 Å². The second-order valence-electron chi connectivity index (χ2n) is 4.35. The lowest BCUT2D eigenvalue weighted by Crippen LogP contribution is -2.33. The van der Waals surface area contributed by atoms with E-state index in [9.17, 15) is 20.4 Å². The third kappa shape index (κ3) is 2.52. The summed E-state index contributed by atoms with van der Waals surface area (Å²) in [5.41, 5.74) is -0.728. The molecule has 19 heavy (non-hydrogen) atoms. The molecule has 0 radical (unpaired) electrons. The second kappa shape index (κ2) is 5.50. The van der Waals surface area contributed by atoms with Crippen molar-refractivity contribution >= 4 is 0 Å². The molecule has 0 saturated heterocycles. The van der Waals surface area contributed by atoms with Crippen molar-refractivity contribution in [1.82, 2.24) is 0 Å². The van der Waals surface area contributed by atoms with Crippen LogP contribution in [0.15, 0.2) is 54.6 Å². The summed E-state index contributed by atoms with van der Waals surface area (Å²) in [5, 5.41) is 39.1. The van der Waals surface area contributed by atoms with Crippen LogP contribution in [-0.2, 0) is 5.60 Å². The van der Waals surface area contributed by atoms with Crippen LogP contribution >= 0.6 is 0 Å². The summed E-state index contributed by atoms with van der Waals surface area (Å²) >= 11 is 0. The van der Waals surface area contributed by atoms with Crippen LogP contribution in [0.25, 0.3) is 0 Å². The Morgan fingerprint density at radius 2 is 1.47 bits per heavy atom. The van der Waals surface area contributed by atoms with Crippen LogP contribution in [0.2, 0.25) is 0 Å². The van der Waals surface area contributed by atoms with Gasteiger partial charge in [-0.15, -0.1) is 0 Å². The lowest BCUT2D eigenvalue weighted by atomic mass is 9.84. The van der Waals surface area contributed by atoms with Crippen molar-refractivity contribution in [2.24, 2.45) is 0 Å². The van der Waals surface area contributed by atoms with Gasteiger partial charge in [-0.05, 0) is 11.1 Å². The third-order valence-electron chi connectivity index (χ3n) is 3.16. The number of hydrogen-bond acceptors (Lipinski definition) is 4. The highest BCUT2D eigenvalue weighted by Gasteiger charge is 2.33. The monoisotopic (exact) mass is 260 g/mol. The first-order chi connectivity index (χ1) is 9.09. The number of benzene rings is 2. The molecule has 0 bridgehead atoms. The molecule has 0 aromatic heterocycles. The van der Waals surface area contributed by atoms with Gasteiger partial charge >= 0.3 is 0 Å². The Kier molecular flexibility index (Phi) is 3.97. The normalized spacial score (nSPS) is 14.4. The summed E-state index contributed by atoms with van der Waals surface area (Å²) in [6.07, 6.45) is -1.71. The Morgan fingerprint density at radius 3 is 2.05 bits per heavy atom. The number of aliphatic hydroxyl groups is 4. The Morgan fingerprint density at radius 1 is 0.895 bits per heavy atom. The Hall–Kier alpha value is -1.72. The highest BCUT2D eigenvalue weighted by molar-refractivity contribution is 5.41. The minimum absolute atomic E-state index is 0.169. The number of hydrogen-bond donors (Lipinski definition) is 4. The van der Waals surface area contributed by atoms with Gasteiger partial charge in [-0.2, -0.15) is 0 Å². The fourth-order valence-electron chi connectivity index (χ4n) is 2.14. The largest absolute Gasteiger partial charge is 0.393 e. The quantitative estimate of drug-likeness (QED) is 0.616. The maximum atomic E-state index is 10.7. The van der Waals surface area contributed by atoms with E-state index in [1.165, 1.54) is 6.07 Å². The van der Waals surface area contributed by atoms with Gasteiger partial charge in [0.1, 0.15) is 5.60 Å². The first-order valence-electron chi connectivity index (χ1n) is 5.94. The molecule has 0 aliphatic heterocycles. The smallest absolute Gasteiger partial charge is 0.178 e. The molecule has 0 heterocycles. The minimum Gasteiger partial charge on any atom is -0.393 e. The van der Waals surface area contributed by atoms with Crippen LogP contribution in [0.5, 0.6) is 0 Å². The summed E-state index contributed by atoms with van der Waals surface area (Å²) < 4.78 is 0. The first-order valence-corrected chi connectivity index (χ1v) is 5.94. The Bertz CT molecular complexity index is 539. The molecule has 4 heteroatoms. The molecular formula is C15H16O4. The molecule has 0 amide bonds. The highest BCUT2D eigenvalue weighted by Crippen LogP contribution is 2.33. The van der Waals surface area contributed by atoms with Gasteiger partial charge in [-0.25, -0.2) is 0 Å². The average molecular weight is 260 g/mol. The summed E-state index contributed by atoms with van der Waals surface area (Å²) in [4.78, 5) is 0. The third-order valence-corrected chi connectivity index (χ3v) is 3.16. The van der Waals surface area contributed by atoms with Crippen molar-refractivity contribution in [2.75, 3.05) is 6.61 Å². The fourth-order valence-corrected chi connectivity index (χ4v) is 2.14. The van der Waals surface area contributed by atoms with E-state index in [-0.39, 0.29) is 11.1 Å². The fraction of sp³-hybridized carbons (Fsp3) is 0.200. The van der Waals surface area contributed by atoms with Gasteiger partial charge < -0.3 is 20.4 Å². The van der Waals surface area contributed by atoms with Crippen LogP contribution in [0, 0.1) is 0 Å². The topological polar surface area (TPSA) is 80.9 Å². The SMILES string of the molecule is OCC(O)(c1ccccc1)c1ccccc1C(O)O.